The number of rotatable bonds is 10. The third-order valence-corrected chi connectivity index (χ3v) is 6.29. The van der Waals surface area contributed by atoms with Gasteiger partial charge in [-0.3, -0.25) is 24.1 Å². The average molecular weight is 496 g/mol. The summed E-state index contributed by atoms with van der Waals surface area (Å²) in [5.74, 6) is -2.69. The minimum absolute atomic E-state index is 0.0768. The molecule has 1 aliphatic heterocycles. The summed E-state index contributed by atoms with van der Waals surface area (Å²) < 4.78 is 10.5. The van der Waals surface area contributed by atoms with E-state index in [1.54, 1.807) is 25.7 Å². The molecule has 3 amide bonds. The van der Waals surface area contributed by atoms with Crippen molar-refractivity contribution in [2.45, 2.75) is 110 Å². The third-order valence-electron chi connectivity index (χ3n) is 6.29. The minimum Gasteiger partial charge on any atom is -0.464 e. The highest BCUT2D eigenvalue weighted by Crippen LogP contribution is 2.40. The summed E-state index contributed by atoms with van der Waals surface area (Å²) in [5, 5.41) is 4.97. The first-order chi connectivity index (χ1) is 16.5. The fourth-order valence-corrected chi connectivity index (χ4v) is 4.76. The van der Waals surface area contributed by atoms with Gasteiger partial charge < -0.3 is 20.1 Å². The number of nitrogens with zero attached hydrogens (tertiary/aromatic N) is 1. The highest BCUT2D eigenvalue weighted by atomic mass is 16.6. The van der Waals surface area contributed by atoms with Crippen molar-refractivity contribution in [3.8, 4) is 0 Å². The molecule has 0 aromatic carbocycles. The van der Waals surface area contributed by atoms with Gasteiger partial charge in [-0.1, -0.05) is 33.1 Å². The fourth-order valence-electron chi connectivity index (χ4n) is 4.76. The van der Waals surface area contributed by atoms with Crippen molar-refractivity contribution in [2.24, 2.45) is 5.92 Å². The molecule has 0 aromatic heterocycles. The molecule has 10 heteroatoms. The Labute approximate surface area is 207 Å². The molecule has 2 fully saturated rings. The number of amides is 3. The van der Waals surface area contributed by atoms with E-state index in [9.17, 15) is 24.0 Å². The van der Waals surface area contributed by atoms with E-state index < -0.39 is 53.9 Å². The number of ketones is 1. The van der Waals surface area contributed by atoms with E-state index in [1.807, 2.05) is 13.8 Å². The monoisotopic (exact) mass is 495 g/mol. The molecule has 198 valence electrons. The van der Waals surface area contributed by atoms with Crippen molar-refractivity contribution < 1.29 is 33.4 Å². The lowest BCUT2D eigenvalue weighted by molar-refractivity contribution is -0.146. The Kier molecular flexibility index (Phi) is 10.5. The van der Waals surface area contributed by atoms with E-state index in [1.165, 1.54) is 0 Å². The molecule has 1 unspecified atom stereocenters. The molecule has 1 saturated carbocycles. The van der Waals surface area contributed by atoms with Crippen LogP contribution in [0.5, 0.6) is 0 Å². The molecule has 1 heterocycles. The van der Waals surface area contributed by atoms with Crippen molar-refractivity contribution in [1.82, 2.24) is 15.5 Å². The van der Waals surface area contributed by atoms with Gasteiger partial charge in [-0.25, -0.2) is 4.79 Å². The maximum absolute atomic E-state index is 13.3. The van der Waals surface area contributed by atoms with E-state index in [0.717, 1.165) is 25.7 Å². The minimum atomic E-state index is -1.05. The quantitative estimate of drug-likeness (QED) is 0.352. The van der Waals surface area contributed by atoms with Crippen molar-refractivity contribution in [3.05, 3.63) is 0 Å². The van der Waals surface area contributed by atoms with Crippen molar-refractivity contribution in [1.29, 1.82) is 0 Å². The zero-order valence-electron chi connectivity index (χ0n) is 21.7. The maximum Gasteiger partial charge on any atom is 0.411 e. The first-order valence-corrected chi connectivity index (χ1v) is 12.8. The summed E-state index contributed by atoms with van der Waals surface area (Å²) in [6.07, 6.45) is 5.18. The molecule has 2 rings (SSSR count). The topological polar surface area (TPSA) is 131 Å². The van der Waals surface area contributed by atoms with E-state index in [0.29, 0.717) is 19.3 Å². The van der Waals surface area contributed by atoms with E-state index in [-0.39, 0.29) is 25.0 Å². The first-order valence-electron chi connectivity index (χ1n) is 12.8. The number of nitrogens with one attached hydrogen (secondary N) is 2. The van der Waals surface area contributed by atoms with Gasteiger partial charge in [0.15, 0.2) is 0 Å². The highest BCUT2D eigenvalue weighted by Gasteiger charge is 2.49. The zero-order valence-corrected chi connectivity index (χ0v) is 21.7. The molecule has 1 aliphatic carbocycles. The van der Waals surface area contributed by atoms with Crippen LogP contribution < -0.4 is 10.6 Å². The van der Waals surface area contributed by atoms with Crippen LogP contribution in [0.3, 0.4) is 0 Å². The summed E-state index contributed by atoms with van der Waals surface area (Å²) >= 11 is 0. The lowest BCUT2D eigenvalue weighted by atomic mass is 9.85. The second-order valence-corrected chi connectivity index (χ2v) is 10.4. The maximum atomic E-state index is 13.3. The van der Waals surface area contributed by atoms with Crippen molar-refractivity contribution in [3.63, 3.8) is 0 Å². The van der Waals surface area contributed by atoms with Gasteiger partial charge in [-0.15, -0.1) is 0 Å². The lowest BCUT2D eigenvalue weighted by Gasteiger charge is -2.35. The number of likely N-dealkylation sites (tertiary alicyclic amines) is 1. The van der Waals surface area contributed by atoms with Crippen LogP contribution in [0.1, 0.15) is 86.0 Å². The number of ether oxygens (including phenoxy) is 2. The molecule has 0 bridgehead atoms. The largest absolute Gasteiger partial charge is 0.464 e. The Hall–Kier alpha value is -2.65. The molecule has 2 N–H and O–H groups in total. The molecule has 35 heavy (non-hydrogen) atoms. The molecular formula is C25H41N3O7. The van der Waals surface area contributed by atoms with Crippen LogP contribution in [0.4, 0.5) is 4.79 Å². The molecule has 4 atom stereocenters. The SMILES string of the molecule is CCCOC(=O)CNC(=O)C(=O)C(CCC)NC(=O)[C@@H]1C[C@@H]2CCCC[C@@H]2N1C(=O)OC(C)(C)C. The van der Waals surface area contributed by atoms with Crippen molar-refractivity contribution >= 4 is 29.7 Å². The standard InChI is InChI=1S/C25H41N3O7/c1-6-10-17(21(30)23(32)26-15-20(29)34-13-7-2)27-22(31)19-14-16-11-8-9-12-18(16)28(19)24(33)35-25(3,4)5/h16-19H,6-15H2,1-5H3,(H,26,32)(H,27,31)/t16-,17?,18-,19-/m0/s1. The van der Waals surface area contributed by atoms with Gasteiger partial charge in [0.1, 0.15) is 18.2 Å². The summed E-state index contributed by atoms with van der Waals surface area (Å²) in [4.78, 5) is 64.7. The van der Waals surface area contributed by atoms with Crippen LogP contribution in [0.25, 0.3) is 0 Å². The highest BCUT2D eigenvalue weighted by molar-refractivity contribution is 6.38. The Balaban J connectivity index is 2.09. The zero-order chi connectivity index (χ0) is 26.2. The number of Topliss-reactive ketones (excluding diaryl/α,β-unsaturated/α-hetero) is 1. The lowest BCUT2D eigenvalue weighted by Crippen LogP contribution is -2.55. The number of fused-ring (bicyclic) bond motifs is 1. The van der Waals surface area contributed by atoms with Gasteiger partial charge in [-0.2, -0.15) is 0 Å². The predicted octanol–water partition coefficient (Wildman–Crippen LogP) is 2.48. The number of esters is 1. The Morgan fingerprint density at radius 2 is 1.71 bits per heavy atom. The molecule has 0 radical (unpaired) electrons. The Bertz CT molecular complexity index is 792. The van der Waals surface area contributed by atoms with Gasteiger partial charge in [0.2, 0.25) is 11.7 Å². The van der Waals surface area contributed by atoms with E-state index >= 15 is 0 Å². The summed E-state index contributed by atoms with van der Waals surface area (Å²) in [6.45, 7) is 8.83. The molecule has 2 aliphatic rings. The van der Waals surface area contributed by atoms with E-state index in [4.69, 9.17) is 9.47 Å². The summed E-state index contributed by atoms with van der Waals surface area (Å²) in [5.41, 5.74) is -0.706. The Morgan fingerprint density at radius 1 is 1.03 bits per heavy atom. The van der Waals surface area contributed by atoms with Gasteiger partial charge in [-0.05, 0) is 58.8 Å². The fraction of sp³-hybridized carbons (Fsp3) is 0.800. The third kappa shape index (κ3) is 8.21. The van der Waals surface area contributed by atoms with Crippen LogP contribution >= 0.6 is 0 Å². The molecular weight excluding hydrogens is 454 g/mol. The molecule has 1 saturated heterocycles. The second kappa shape index (κ2) is 12.9. The van der Waals surface area contributed by atoms with Crippen LogP contribution in [0.2, 0.25) is 0 Å². The van der Waals surface area contributed by atoms with Crippen LogP contribution in [0.15, 0.2) is 0 Å². The number of carbonyl (C=O) groups excluding carboxylic acids is 5. The van der Waals surface area contributed by atoms with Crippen molar-refractivity contribution in [2.75, 3.05) is 13.2 Å². The van der Waals surface area contributed by atoms with Crippen LogP contribution in [-0.4, -0.2) is 71.4 Å². The predicted molar refractivity (Wildman–Crippen MR) is 128 cm³/mol. The van der Waals surface area contributed by atoms with Gasteiger partial charge in [0, 0.05) is 6.04 Å². The summed E-state index contributed by atoms with van der Waals surface area (Å²) in [7, 11) is 0. The number of carbonyl (C=O) groups is 5. The number of hydrogen-bond donors (Lipinski definition) is 2. The molecule has 10 nitrogen and oxygen atoms in total. The van der Waals surface area contributed by atoms with Gasteiger partial charge in [0.05, 0.1) is 12.6 Å². The van der Waals surface area contributed by atoms with E-state index in [2.05, 4.69) is 10.6 Å². The molecule has 0 spiro atoms. The van der Waals surface area contributed by atoms with Gasteiger partial charge >= 0.3 is 12.1 Å². The van der Waals surface area contributed by atoms with Gasteiger partial charge in [0.25, 0.3) is 5.91 Å². The average Bonchev–Trinajstić information content (AvgIpc) is 3.19. The Morgan fingerprint density at radius 3 is 2.34 bits per heavy atom. The van der Waals surface area contributed by atoms with Crippen LogP contribution in [0, 0.1) is 5.92 Å². The summed E-state index contributed by atoms with van der Waals surface area (Å²) in [6, 6.07) is -1.90. The second-order valence-electron chi connectivity index (χ2n) is 10.4. The smallest absolute Gasteiger partial charge is 0.411 e. The first kappa shape index (κ1) is 28.6. The number of hydrogen-bond acceptors (Lipinski definition) is 7. The molecule has 0 aromatic rings. The van der Waals surface area contributed by atoms with Crippen LogP contribution in [-0.2, 0) is 28.7 Å². The normalized spacial score (nSPS) is 22.5.